The zero-order chi connectivity index (χ0) is 21.3. The first-order chi connectivity index (χ1) is 14.4. The molecule has 1 amide bonds. The molecule has 154 valence electrons. The molecule has 1 fully saturated rings. The summed E-state index contributed by atoms with van der Waals surface area (Å²) in [6.45, 7) is 0. The maximum absolute atomic E-state index is 14.3. The molecular weight excluding hydrogens is 407 g/mol. The van der Waals surface area contributed by atoms with Crippen LogP contribution in [0.15, 0.2) is 42.9 Å². The number of hydrogen-bond acceptors (Lipinski definition) is 6. The minimum atomic E-state index is -0.476. The van der Waals surface area contributed by atoms with Crippen molar-refractivity contribution in [2.24, 2.45) is 0 Å². The number of nitrogens with one attached hydrogen (secondary N) is 2. The van der Waals surface area contributed by atoms with Crippen LogP contribution >= 0.6 is 11.6 Å². The molecule has 1 saturated carbocycles. The van der Waals surface area contributed by atoms with Crippen LogP contribution in [0.2, 0.25) is 5.02 Å². The molecule has 1 aliphatic carbocycles. The van der Waals surface area contributed by atoms with Crippen LogP contribution in [0.4, 0.5) is 21.6 Å². The number of halogens is 2. The first-order valence-corrected chi connectivity index (χ1v) is 9.82. The van der Waals surface area contributed by atoms with Gasteiger partial charge in [0, 0.05) is 37.6 Å². The van der Waals surface area contributed by atoms with Gasteiger partial charge in [-0.15, -0.1) is 0 Å². The van der Waals surface area contributed by atoms with E-state index in [-0.39, 0.29) is 23.3 Å². The van der Waals surface area contributed by atoms with Crippen molar-refractivity contribution in [2.45, 2.75) is 18.9 Å². The van der Waals surface area contributed by atoms with Gasteiger partial charge in [0.05, 0.1) is 28.7 Å². The van der Waals surface area contributed by atoms with Crippen LogP contribution in [-0.4, -0.2) is 41.0 Å². The average Bonchev–Trinajstić information content (AvgIpc) is 3.54. The van der Waals surface area contributed by atoms with Gasteiger partial charge in [-0.05, 0) is 37.1 Å². The molecule has 4 rings (SSSR count). The van der Waals surface area contributed by atoms with Gasteiger partial charge in [-0.2, -0.15) is 0 Å². The molecule has 0 unspecified atom stereocenters. The lowest BCUT2D eigenvalue weighted by Crippen LogP contribution is -2.26. The van der Waals surface area contributed by atoms with Gasteiger partial charge in [-0.25, -0.2) is 14.4 Å². The maximum atomic E-state index is 14.3. The van der Waals surface area contributed by atoms with E-state index < -0.39 is 5.82 Å². The smallest absolute Gasteiger partial charge is 0.255 e. The predicted molar refractivity (Wildman–Crippen MR) is 115 cm³/mol. The largest absolute Gasteiger partial charge is 0.373 e. The molecule has 0 bridgehead atoms. The zero-order valence-corrected chi connectivity index (χ0v) is 17.2. The van der Waals surface area contributed by atoms with E-state index >= 15 is 0 Å². The number of benzene rings is 1. The molecule has 0 atom stereocenters. The second-order valence-corrected chi connectivity index (χ2v) is 7.68. The molecule has 7 nitrogen and oxygen atoms in total. The number of hydrogen-bond donors (Lipinski definition) is 2. The van der Waals surface area contributed by atoms with Gasteiger partial charge in [0.1, 0.15) is 5.82 Å². The monoisotopic (exact) mass is 426 g/mol. The molecule has 0 aliphatic heterocycles. The highest BCUT2D eigenvalue weighted by atomic mass is 35.5. The highest BCUT2D eigenvalue weighted by Gasteiger charge is 2.25. The van der Waals surface area contributed by atoms with Gasteiger partial charge in [0.15, 0.2) is 11.6 Å². The van der Waals surface area contributed by atoms with E-state index in [0.29, 0.717) is 27.8 Å². The summed E-state index contributed by atoms with van der Waals surface area (Å²) in [7, 11) is 3.69. The van der Waals surface area contributed by atoms with Crippen LogP contribution in [0.25, 0.3) is 11.4 Å². The third kappa shape index (κ3) is 4.33. The summed E-state index contributed by atoms with van der Waals surface area (Å²) in [5.74, 6) is -0.0665. The number of carbonyl (C=O) groups is 1. The summed E-state index contributed by atoms with van der Waals surface area (Å²) in [6, 6.07) is 6.14. The fourth-order valence-corrected chi connectivity index (χ4v) is 3.07. The zero-order valence-electron chi connectivity index (χ0n) is 16.5. The van der Waals surface area contributed by atoms with E-state index in [1.165, 1.54) is 24.4 Å². The normalized spacial score (nSPS) is 13.1. The van der Waals surface area contributed by atoms with Crippen molar-refractivity contribution in [2.75, 3.05) is 24.3 Å². The third-order valence-corrected chi connectivity index (χ3v) is 4.89. The van der Waals surface area contributed by atoms with E-state index in [1.54, 1.807) is 18.5 Å². The van der Waals surface area contributed by atoms with E-state index in [1.807, 2.05) is 19.0 Å². The predicted octanol–water partition coefficient (Wildman–Crippen LogP) is 4.03. The van der Waals surface area contributed by atoms with Crippen molar-refractivity contribution in [3.8, 4) is 11.4 Å². The number of aromatic nitrogens is 3. The molecule has 0 spiro atoms. The number of nitrogens with zero attached hydrogens (tertiary/aromatic N) is 4. The number of anilines is 3. The third-order valence-electron chi connectivity index (χ3n) is 4.65. The number of pyridine rings is 1. The van der Waals surface area contributed by atoms with Gasteiger partial charge in [0.2, 0.25) is 0 Å². The Kier molecular flexibility index (Phi) is 5.50. The molecule has 2 aromatic heterocycles. The Bertz CT molecular complexity index is 1100. The molecule has 30 heavy (non-hydrogen) atoms. The molecule has 2 N–H and O–H groups in total. The Morgan fingerprint density at radius 1 is 1.23 bits per heavy atom. The molecule has 0 saturated heterocycles. The molecule has 9 heteroatoms. The van der Waals surface area contributed by atoms with Gasteiger partial charge in [0.25, 0.3) is 5.91 Å². The molecule has 1 aliphatic rings. The summed E-state index contributed by atoms with van der Waals surface area (Å²) in [5.41, 5.74) is 1.81. The van der Waals surface area contributed by atoms with E-state index in [9.17, 15) is 9.18 Å². The Morgan fingerprint density at radius 2 is 2.03 bits per heavy atom. The lowest BCUT2D eigenvalue weighted by Gasteiger charge is -2.19. The molecule has 3 aromatic rings. The van der Waals surface area contributed by atoms with E-state index in [4.69, 9.17) is 11.6 Å². The van der Waals surface area contributed by atoms with E-state index in [0.717, 1.165) is 12.8 Å². The van der Waals surface area contributed by atoms with Crippen molar-refractivity contribution in [3.05, 3.63) is 59.3 Å². The minimum Gasteiger partial charge on any atom is -0.373 e. The Balaban J connectivity index is 1.73. The van der Waals surface area contributed by atoms with Crippen molar-refractivity contribution < 1.29 is 9.18 Å². The summed E-state index contributed by atoms with van der Waals surface area (Å²) in [4.78, 5) is 27.3. The lowest BCUT2D eigenvalue weighted by molar-refractivity contribution is 0.0951. The van der Waals surface area contributed by atoms with Crippen LogP contribution in [-0.2, 0) is 0 Å². The summed E-state index contributed by atoms with van der Waals surface area (Å²) < 4.78 is 14.3. The van der Waals surface area contributed by atoms with Crippen LogP contribution in [0.5, 0.6) is 0 Å². The van der Waals surface area contributed by atoms with Crippen LogP contribution in [0.3, 0.4) is 0 Å². The first-order valence-electron chi connectivity index (χ1n) is 9.44. The Labute approximate surface area is 178 Å². The van der Waals surface area contributed by atoms with Crippen molar-refractivity contribution in [3.63, 3.8) is 0 Å². The number of rotatable bonds is 6. The molecule has 1 aromatic carbocycles. The van der Waals surface area contributed by atoms with Crippen LogP contribution in [0.1, 0.15) is 23.2 Å². The first kappa shape index (κ1) is 20.0. The van der Waals surface area contributed by atoms with Crippen LogP contribution < -0.4 is 15.5 Å². The van der Waals surface area contributed by atoms with Crippen LogP contribution in [0, 0.1) is 5.82 Å². The van der Waals surface area contributed by atoms with Crippen molar-refractivity contribution in [1.29, 1.82) is 0 Å². The SMILES string of the molecule is CN(C)c1cnc(-c2cc(Cl)ccc2F)nc1Nc1ccncc1C(=O)NC1CC1. The fourth-order valence-electron chi connectivity index (χ4n) is 2.90. The van der Waals surface area contributed by atoms with Gasteiger partial charge < -0.3 is 15.5 Å². The van der Waals surface area contributed by atoms with Crippen molar-refractivity contribution >= 4 is 34.7 Å². The summed E-state index contributed by atoms with van der Waals surface area (Å²) >= 11 is 6.02. The van der Waals surface area contributed by atoms with Gasteiger partial charge >= 0.3 is 0 Å². The topological polar surface area (TPSA) is 83.0 Å². The summed E-state index contributed by atoms with van der Waals surface area (Å²) in [5, 5.41) is 6.53. The Morgan fingerprint density at radius 3 is 2.77 bits per heavy atom. The standard InChI is InChI=1S/C21H20ClFN6O/c1-29(2)18-11-25-19(14-9-12(22)3-6-16(14)23)28-20(18)27-17-7-8-24-10-15(17)21(30)26-13-4-5-13/h3,6-11,13H,4-5H2,1-2H3,(H,26,30)(H,24,25,27,28). The van der Waals surface area contributed by atoms with Crippen molar-refractivity contribution in [1.82, 2.24) is 20.3 Å². The second kappa shape index (κ2) is 8.23. The molecule has 2 heterocycles. The lowest BCUT2D eigenvalue weighted by atomic mass is 10.2. The fraction of sp³-hybridized carbons (Fsp3) is 0.238. The highest BCUT2D eigenvalue weighted by Crippen LogP contribution is 2.31. The highest BCUT2D eigenvalue weighted by molar-refractivity contribution is 6.30. The maximum Gasteiger partial charge on any atom is 0.255 e. The quantitative estimate of drug-likeness (QED) is 0.619. The minimum absolute atomic E-state index is 0.182. The number of amides is 1. The number of carbonyl (C=O) groups excluding carboxylic acids is 1. The Hall–Kier alpha value is -3.26. The summed E-state index contributed by atoms with van der Waals surface area (Å²) in [6.07, 6.45) is 6.66. The molecular formula is C21H20ClFN6O. The average molecular weight is 427 g/mol. The van der Waals surface area contributed by atoms with E-state index in [2.05, 4.69) is 25.6 Å². The molecule has 0 radical (unpaired) electrons. The van der Waals surface area contributed by atoms with Gasteiger partial charge in [-0.3, -0.25) is 9.78 Å². The van der Waals surface area contributed by atoms with Gasteiger partial charge in [-0.1, -0.05) is 11.6 Å². The second-order valence-electron chi connectivity index (χ2n) is 7.24.